The van der Waals surface area contributed by atoms with E-state index in [1.54, 1.807) is 46.8 Å². The summed E-state index contributed by atoms with van der Waals surface area (Å²) in [4.78, 5) is 13.1. The van der Waals surface area contributed by atoms with Crippen LogP contribution in [0.15, 0.2) is 83.8 Å². The van der Waals surface area contributed by atoms with Gasteiger partial charge in [0.25, 0.3) is 5.91 Å². The largest absolute Gasteiger partial charge is 0.488 e. The summed E-state index contributed by atoms with van der Waals surface area (Å²) in [5, 5.41) is 2.84. The van der Waals surface area contributed by atoms with Crippen LogP contribution in [-0.4, -0.2) is 31.7 Å². The topological polar surface area (TPSA) is 75.7 Å². The molecule has 1 N–H and O–H groups in total. The monoisotopic (exact) mass is 464 g/mol. The second kappa shape index (κ2) is 10.6. The molecule has 0 aromatic heterocycles. The van der Waals surface area contributed by atoms with Gasteiger partial charge in [-0.3, -0.25) is 4.79 Å². The highest BCUT2D eigenvalue weighted by Crippen LogP contribution is 2.24. The van der Waals surface area contributed by atoms with E-state index in [2.05, 4.69) is 5.32 Å². The molecule has 1 heterocycles. The van der Waals surface area contributed by atoms with Crippen molar-refractivity contribution in [3.05, 3.63) is 90.0 Å². The molecule has 3 aromatic rings. The number of nitrogens with one attached hydrogen (secondary N) is 1. The van der Waals surface area contributed by atoms with Crippen LogP contribution in [0, 0.1) is 0 Å². The molecule has 7 heteroatoms. The zero-order valence-electron chi connectivity index (χ0n) is 18.4. The number of amides is 1. The van der Waals surface area contributed by atoms with Gasteiger partial charge in [-0.1, -0.05) is 55.3 Å². The molecule has 0 bridgehead atoms. The molecule has 1 aliphatic rings. The van der Waals surface area contributed by atoms with Crippen molar-refractivity contribution in [1.29, 1.82) is 0 Å². The van der Waals surface area contributed by atoms with Gasteiger partial charge in [-0.2, -0.15) is 4.31 Å². The van der Waals surface area contributed by atoms with Gasteiger partial charge in [0.05, 0.1) is 10.5 Å². The lowest BCUT2D eigenvalue weighted by Crippen LogP contribution is -2.31. The molecule has 0 aliphatic carbocycles. The number of hydrogen-bond acceptors (Lipinski definition) is 4. The highest BCUT2D eigenvalue weighted by atomic mass is 32.2. The molecule has 0 spiro atoms. The first kappa shape index (κ1) is 23.0. The summed E-state index contributed by atoms with van der Waals surface area (Å²) < 4.78 is 33.3. The predicted molar refractivity (Wildman–Crippen MR) is 129 cm³/mol. The Balaban J connectivity index is 1.44. The summed E-state index contributed by atoms with van der Waals surface area (Å²) in [5.74, 6) is 0.168. The zero-order valence-corrected chi connectivity index (χ0v) is 19.3. The van der Waals surface area contributed by atoms with Gasteiger partial charge < -0.3 is 10.1 Å². The third-order valence-corrected chi connectivity index (χ3v) is 7.60. The summed E-state index contributed by atoms with van der Waals surface area (Å²) in [5.41, 5.74) is 1.94. The molecule has 1 aliphatic heterocycles. The molecule has 33 heavy (non-hydrogen) atoms. The Morgan fingerprint density at radius 2 is 1.45 bits per heavy atom. The number of ether oxygens (including phenoxy) is 1. The summed E-state index contributed by atoms with van der Waals surface area (Å²) >= 11 is 0. The summed E-state index contributed by atoms with van der Waals surface area (Å²) in [6.45, 7) is 1.47. The van der Waals surface area contributed by atoms with E-state index in [4.69, 9.17) is 4.74 Å². The van der Waals surface area contributed by atoms with Gasteiger partial charge in [0.2, 0.25) is 10.0 Å². The van der Waals surface area contributed by atoms with E-state index in [1.807, 2.05) is 36.4 Å². The minimum Gasteiger partial charge on any atom is -0.488 e. The first-order valence-corrected chi connectivity index (χ1v) is 12.7. The smallest absolute Gasteiger partial charge is 0.259 e. The molecule has 0 atom stereocenters. The van der Waals surface area contributed by atoms with Crippen molar-refractivity contribution in [3.8, 4) is 5.75 Å². The minimum atomic E-state index is -3.52. The number of anilines is 1. The standard InChI is InChI=1S/C26H28N2O4S/c29-26(24-12-6-7-13-25(24)32-20-21-10-4-3-5-11-21)27-22-14-16-23(17-15-22)33(30,31)28-18-8-1-2-9-19-28/h3-7,10-17H,1-2,8-9,18-20H2,(H,27,29). The highest BCUT2D eigenvalue weighted by Gasteiger charge is 2.25. The quantitative estimate of drug-likeness (QED) is 0.529. The van der Waals surface area contributed by atoms with Crippen molar-refractivity contribution in [1.82, 2.24) is 4.31 Å². The second-order valence-corrected chi connectivity index (χ2v) is 10.0. The molecule has 1 amide bonds. The van der Waals surface area contributed by atoms with Crippen molar-refractivity contribution in [2.75, 3.05) is 18.4 Å². The molecule has 6 nitrogen and oxygen atoms in total. The van der Waals surface area contributed by atoms with Crippen LogP contribution in [-0.2, 0) is 16.6 Å². The molecule has 0 unspecified atom stereocenters. The van der Waals surface area contributed by atoms with Crippen LogP contribution in [0.1, 0.15) is 41.6 Å². The number of para-hydroxylation sites is 1. The lowest BCUT2D eigenvalue weighted by molar-refractivity contribution is 0.102. The fourth-order valence-electron chi connectivity index (χ4n) is 3.86. The molecule has 0 radical (unpaired) electrons. The Morgan fingerprint density at radius 3 is 2.15 bits per heavy atom. The van der Waals surface area contributed by atoms with Crippen molar-refractivity contribution in [2.24, 2.45) is 0 Å². The fraction of sp³-hybridized carbons (Fsp3) is 0.269. The Labute approximate surface area is 195 Å². The van der Waals surface area contributed by atoms with Gasteiger partial charge in [0.15, 0.2) is 0 Å². The zero-order chi connectivity index (χ0) is 23.1. The maximum absolute atomic E-state index is 13.0. The number of hydrogen-bond donors (Lipinski definition) is 1. The Kier molecular flexibility index (Phi) is 7.42. The van der Waals surface area contributed by atoms with E-state index in [-0.39, 0.29) is 10.8 Å². The van der Waals surface area contributed by atoms with E-state index in [9.17, 15) is 13.2 Å². The lowest BCUT2D eigenvalue weighted by Gasteiger charge is -2.20. The Hall–Kier alpha value is -3.16. The van der Waals surface area contributed by atoms with Gasteiger partial charge in [-0.15, -0.1) is 0 Å². The highest BCUT2D eigenvalue weighted by molar-refractivity contribution is 7.89. The van der Waals surface area contributed by atoms with Gasteiger partial charge in [0.1, 0.15) is 12.4 Å². The first-order chi connectivity index (χ1) is 16.0. The Bertz CT molecular complexity index is 1170. The Morgan fingerprint density at radius 1 is 0.818 bits per heavy atom. The van der Waals surface area contributed by atoms with Crippen LogP contribution >= 0.6 is 0 Å². The van der Waals surface area contributed by atoms with Crippen LogP contribution in [0.4, 0.5) is 5.69 Å². The van der Waals surface area contributed by atoms with E-state index in [0.717, 1.165) is 31.2 Å². The maximum Gasteiger partial charge on any atom is 0.259 e. The first-order valence-electron chi connectivity index (χ1n) is 11.2. The van der Waals surface area contributed by atoms with E-state index >= 15 is 0 Å². The number of sulfonamides is 1. The number of carbonyl (C=O) groups excluding carboxylic acids is 1. The molecular weight excluding hydrogens is 436 g/mol. The molecular formula is C26H28N2O4S. The number of nitrogens with zero attached hydrogens (tertiary/aromatic N) is 1. The molecule has 4 rings (SSSR count). The van der Waals surface area contributed by atoms with Crippen LogP contribution in [0.3, 0.4) is 0 Å². The lowest BCUT2D eigenvalue weighted by atomic mass is 10.1. The predicted octanol–water partition coefficient (Wildman–Crippen LogP) is 5.08. The maximum atomic E-state index is 13.0. The normalized spacial score (nSPS) is 14.9. The summed E-state index contributed by atoms with van der Waals surface area (Å²) in [7, 11) is -3.52. The van der Waals surface area contributed by atoms with Crippen molar-refractivity contribution in [2.45, 2.75) is 37.2 Å². The fourth-order valence-corrected chi connectivity index (χ4v) is 5.37. The number of rotatable bonds is 7. The third-order valence-electron chi connectivity index (χ3n) is 5.68. The van der Waals surface area contributed by atoms with E-state index in [0.29, 0.717) is 36.7 Å². The van der Waals surface area contributed by atoms with Crippen molar-refractivity contribution < 1.29 is 17.9 Å². The van der Waals surface area contributed by atoms with Gasteiger partial charge in [-0.25, -0.2) is 8.42 Å². The number of carbonyl (C=O) groups is 1. The SMILES string of the molecule is O=C(Nc1ccc(S(=O)(=O)N2CCCCCC2)cc1)c1ccccc1OCc1ccccc1. The summed E-state index contributed by atoms with van der Waals surface area (Å²) in [6, 6.07) is 23.1. The van der Waals surface area contributed by atoms with E-state index < -0.39 is 10.0 Å². The number of benzene rings is 3. The van der Waals surface area contributed by atoms with Gasteiger partial charge in [0, 0.05) is 18.8 Å². The molecule has 0 saturated carbocycles. The van der Waals surface area contributed by atoms with Crippen LogP contribution in [0.5, 0.6) is 5.75 Å². The minimum absolute atomic E-state index is 0.244. The average Bonchev–Trinajstić information content (AvgIpc) is 3.14. The van der Waals surface area contributed by atoms with Crippen molar-refractivity contribution >= 4 is 21.6 Å². The van der Waals surface area contributed by atoms with Crippen molar-refractivity contribution in [3.63, 3.8) is 0 Å². The van der Waals surface area contributed by atoms with Crippen LogP contribution in [0.25, 0.3) is 0 Å². The molecule has 172 valence electrons. The van der Waals surface area contributed by atoms with E-state index in [1.165, 1.54) is 0 Å². The third kappa shape index (κ3) is 5.80. The average molecular weight is 465 g/mol. The molecule has 3 aromatic carbocycles. The van der Waals surface area contributed by atoms with Crippen LogP contribution < -0.4 is 10.1 Å². The molecule has 1 fully saturated rings. The summed E-state index contributed by atoms with van der Waals surface area (Å²) in [6.07, 6.45) is 3.90. The van der Waals surface area contributed by atoms with Gasteiger partial charge in [-0.05, 0) is 54.8 Å². The molecule has 1 saturated heterocycles. The van der Waals surface area contributed by atoms with Gasteiger partial charge >= 0.3 is 0 Å². The van der Waals surface area contributed by atoms with Crippen LogP contribution in [0.2, 0.25) is 0 Å². The second-order valence-electron chi connectivity index (χ2n) is 8.07.